The summed E-state index contributed by atoms with van der Waals surface area (Å²) >= 11 is 0. The number of aryl methyl sites for hydroxylation is 2. The topological polar surface area (TPSA) is 70.7 Å². The summed E-state index contributed by atoms with van der Waals surface area (Å²) < 4.78 is 0. The summed E-state index contributed by atoms with van der Waals surface area (Å²) in [6.07, 6.45) is 7.32. The molecule has 0 saturated carbocycles. The maximum absolute atomic E-state index is 12.0. The third kappa shape index (κ3) is 3.91. The van der Waals surface area contributed by atoms with Gasteiger partial charge in [0.1, 0.15) is 0 Å². The zero-order chi connectivity index (χ0) is 14.4. The Balaban J connectivity index is 1.91. The van der Waals surface area contributed by atoms with Crippen LogP contribution in [0.5, 0.6) is 0 Å². The number of carbonyl (C=O) groups excluding carboxylic acids is 1. The molecule has 0 aliphatic rings. The second-order valence-corrected chi connectivity index (χ2v) is 4.89. The van der Waals surface area contributed by atoms with Crippen molar-refractivity contribution in [2.24, 2.45) is 0 Å². The van der Waals surface area contributed by atoms with Crippen molar-refractivity contribution in [3.8, 4) is 0 Å². The maximum Gasteiger partial charge on any atom is 0.220 e. The highest BCUT2D eigenvalue weighted by molar-refractivity contribution is 5.76. The van der Waals surface area contributed by atoms with Crippen molar-refractivity contribution >= 4 is 5.91 Å². The van der Waals surface area contributed by atoms with Crippen molar-refractivity contribution in [2.75, 3.05) is 0 Å². The summed E-state index contributed by atoms with van der Waals surface area (Å²) in [5, 5.41) is 9.65. The van der Waals surface area contributed by atoms with E-state index in [1.54, 1.807) is 12.4 Å². The van der Waals surface area contributed by atoms with Crippen LogP contribution in [-0.4, -0.2) is 21.1 Å². The SMILES string of the molecule is CC[C@H](NC(=O)CCc1cn[nH]c1)c1cc(C)ccn1. The van der Waals surface area contributed by atoms with Gasteiger partial charge in [-0.15, -0.1) is 0 Å². The second-order valence-electron chi connectivity index (χ2n) is 4.89. The predicted octanol–water partition coefficient (Wildman–Crippen LogP) is 2.31. The van der Waals surface area contributed by atoms with E-state index < -0.39 is 0 Å². The van der Waals surface area contributed by atoms with Crippen molar-refractivity contribution in [2.45, 2.75) is 39.2 Å². The van der Waals surface area contributed by atoms with E-state index in [0.717, 1.165) is 23.2 Å². The summed E-state index contributed by atoms with van der Waals surface area (Å²) in [5.41, 5.74) is 3.12. The molecular weight excluding hydrogens is 252 g/mol. The zero-order valence-electron chi connectivity index (χ0n) is 11.9. The molecule has 0 aliphatic carbocycles. The summed E-state index contributed by atoms with van der Waals surface area (Å²) in [6, 6.07) is 3.95. The lowest BCUT2D eigenvalue weighted by Gasteiger charge is -2.16. The Morgan fingerprint density at radius 1 is 1.50 bits per heavy atom. The third-order valence-corrected chi connectivity index (χ3v) is 3.23. The van der Waals surface area contributed by atoms with Crippen LogP contribution in [0.15, 0.2) is 30.7 Å². The minimum Gasteiger partial charge on any atom is -0.348 e. The average molecular weight is 272 g/mol. The van der Waals surface area contributed by atoms with Crippen LogP contribution in [0.3, 0.4) is 0 Å². The molecule has 0 unspecified atom stereocenters. The van der Waals surface area contributed by atoms with Gasteiger partial charge < -0.3 is 5.32 Å². The summed E-state index contributed by atoms with van der Waals surface area (Å²) in [6.45, 7) is 4.07. The molecule has 106 valence electrons. The lowest BCUT2D eigenvalue weighted by molar-refractivity contribution is -0.121. The molecule has 2 aromatic rings. The smallest absolute Gasteiger partial charge is 0.220 e. The van der Waals surface area contributed by atoms with Crippen LogP contribution in [0, 0.1) is 6.92 Å². The Morgan fingerprint density at radius 3 is 3.00 bits per heavy atom. The van der Waals surface area contributed by atoms with E-state index in [1.165, 1.54) is 0 Å². The number of aromatic nitrogens is 3. The highest BCUT2D eigenvalue weighted by atomic mass is 16.1. The Hall–Kier alpha value is -2.17. The number of H-pyrrole nitrogens is 1. The number of nitrogens with zero attached hydrogens (tertiary/aromatic N) is 2. The summed E-state index contributed by atoms with van der Waals surface area (Å²) in [5.74, 6) is 0.0429. The van der Waals surface area contributed by atoms with Gasteiger partial charge in [0.25, 0.3) is 0 Å². The molecule has 20 heavy (non-hydrogen) atoms. The van der Waals surface area contributed by atoms with Crippen molar-refractivity contribution in [3.63, 3.8) is 0 Å². The number of pyridine rings is 1. The molecule has 0 fully saturated rings. The lowest BCUT2D eigenvalue weighted by atomic mass is 10.1. The number of carbonyl (C=O) groups is 1. The van der Waals surface area contributed by atoms with Gasteiger partial charge in [0.15, 0.2) is 0 Å². The van der Waals surface area contributed by atoms with Gasteiger partial charge in [-0.05, 0) is 43.0 Å². The molecule has 0 aromatic carbocycles. The number of aromatic amines is 1. The monoisotopic (exact) mass is 272 g/mol. The van der Waals surface area contributed by atoms with Crippen molar-refractivity contribution < 1.29 is 4.79 Å². The van der Waals surface area contributed by atoms with Gasteiger partial charge in [0.05, 0.1) is 17.9 Å². The summed E-state index contributed by atoms with van der Waals surface area (Å²) in [4.78, 5) is 16.3. The molecule has 0 saturated heterocycles. The fraction of sp³-hybridized carbons (Fsp3) is 0.400. The van der Waals surface area contributed by atoms with Gasteiger partial charge in [0.2, 0.25) is 5.91 Å². The average Bonchev–Trinajstić information content (AvgIpc) is 2.96. The van der Waals surface area contributed by atoms with Gasteiger partial charge >= 0.3 is 0 Å². The first-order chi connectivity index (χ1) is 9.69. The largest absolute Gasteiger partial charge is 0.348 e. The van der Waals surface area contributed by atoms with E-state index in [4.69, 9.17) is 0 Å². The van der Waals surface area contributed by atoms with Crippen molar-refractivity contribution in [1.82, 2.24) is 20.5 Å². The lowest BCUT2D eigenvalue weighted by Crippen LogP contribution is -2.28. The minimum absolute atomic E-state index is 0.0215. The van der Waals surface area contributed by atoms with Gasteiger partial charge in [-0.1, -0.05) is 6.92 Å². The zero-order valence-corrected chi connectivity index (χ0v) is 11.9. The Bertz CT molecular complexity index is 551. The first kappa shape index (κ1) is 14.2. The molecule has 5 heteroatoms. The molecule has 5 nitrogen and oxygen atoms in total. The van der Waals surface area contributed by atoms with Crippen molar-refractivity contribution in [3.05, 3.63) is 47.5 Å². The third-order valence-electron chi connectivity index (χ3n) is 3.23. The molecule has 2 heterocycles. The summed E-state index contributed by atoms with van der Waals surface area (Å²) in [7, 11) is 0. The maximum atomic E-state index is 12.0. The number of hydrogen-bond donors (Lipinski definition) is 2. The fourth-order valence-corrected chi connectivity index (χ4v) is 2.07. The Labute approximate surface area is 118 Å². The number of hydrogen-bond acceptors (Lipinski definition) is 3. The van der Waals surface area contributed by atoms with Crippen molar-refractivity contribution in [1.29, 1.82) is 0 Å². The van der Waals surface area contributed by atoms with Gasteiger partial charge in [-0.25, -0.2) is 0 Å². The molecule has 0 bridgehead atoms. The van der Waals surface area contributed by atoms with Gasteiger partial charge in [-0.2, -0.15) is 5.10 Å². The quantitative estimate of drug-likeness (QED) is 0.847. The van der Waals surface area contributed by atoms with E-state index in [2.05, 4.69) is 20.5 Å². The van der Waals surface area contributed by atoms with Crippen LogP contribution in [0.1, 0.15) is 42.6 Å². The highest BCUT2D eigenvalue weighted by Gasteiger charge is 2.14. The van der Waals surface area contributed by atoms with E-state index in [9.17, 15) is 4.79 Å². The second kappa shape index (κ2) is 6.84. The van der Waals surface area contributed by atoms with Crippen LogP contribution in [-0.2, 0) is 11.2 Å². The molecule has 2 N–H and O–H groups in total. The van der Waals surface area contributed by atoms with Crippen LogP contribution < -0.4 is 5.32 Å². The van der Waals surface area contributed by atoms with Crippen LogP contribution in [0.2, 0.25) is 0 Å². The number of rotatable bonds is 6. The molecule has 1 atom stereocenters. The van der Waals surface area contributed by atoms with E-state index in [-0.39, 0.29) is 11.9 Å². The molecule has 1 amide bonds. The van der Waals surface area contributed by atoms with E-state index in [1.807, 2.05) is 32.2 Å². The predicted molar refractivity (Wildman–Crippen MR) is 77.1 cm³/mol. The van der Waals surface area contributed by atoms with Crippen LogP contribution in [0.25, 0.3) is 0 Å². The highest BCUT2D eigenvalue weighted by Crippen LogP contribution is 2.15. The minimum atomic E-state index is -0.0215. The number of nitrogens with one attached hydrogen (secondary N) is 2. The first-order valence-corrected chi connectivity index (χ1v) is 6.88. The fourth-order valence-electron chi connectivity index (χ4n) is 2.07. The standard InChI is InChI=1S/C15H20N4O/c1-3-13(14-8-11(2)6-7-16-14)19-15(20)5-4-12-9-17-18-10-12/h6-10,13H,3-5H2,1-2H3,(H,17,18)(H,19,20)/t13-/m0/s1. The Kier molecular flexibility index (Phi) is 4.87. The normalized spacial score (nSPS) is 12.1. The molecule has 0 aliphatic heterocycles. The van der Waals surface area contributed by atoms with Crippen LogP contribution in [0.4, 0.5) is 0 Å². The van der Waals surface area contributed by atoms with E-state index >= 15 is 0 Å². The first-order valence-electron chi connectivity index (χ1n) is 6.88. The van der Waals surface area contributed by atoms with Gasteiger partial charge in [-0.3, -0.25) is 14.9 Å². The Morgan fingerprint density at radius 2 is 2.35 bits per heavy atom. The number of amides is 1. The molecule has 0 spiro atoms. The van der Waals surface area contributed by atoms with Gasteiger partial charge in [0, 0.05) is 18.8 Å². The van der Waals surface area contributed by atoms with E-state index in [0.29, 0.717) is 12.8 Å². The van der Waals surface area contributed by atoms with Crippen LogP contribution >= 0.6 is 0 Å². The molecule has 2 rings (SSSR count). The molecule has 0 radical (unpaired) electrons. The molecule has 2 aromatic heterocycles. The molecular formula is C15H20N4O.